The van der Waals surface area contributed by atoms with Crippen molar-refractivity contribution in [1.82, 2.24) is 0 Å². The first-order chi connectivity index (χ1) is 17.7. The number of rotatable bonds is 7. The van der Waals surface area contributed by atoms with E-state index in [9.17, 15) is 14.7 Å². The fourth-order valence-corrected chi connectivity index (χ4v) is 4.08. The molecule has 5 heteroatoms. The van der Waals surface area contributed by atoms with Crippen LogP contribution in [-0.4, -0.2) is 23.7 Å². The summed E-state index contributed by atoms with van der Waals surface area (Å²) in [6, 6.07) is 20.7. The van der Waals surface area contributed by atoms with Crippen molar-refractivity contribution >= 4 is 39.6 Å². The van der Waals surface area contributed by atoms with Crippen molar-refractivity contribution in [1.29, 1.82) is 0 Å². The van der Waals surface area contributed by atoms with Crippen LogP contribution in [-0.2, 0) is 14.3 Å². The molecule has 0 aliphatic carbocycles. The van der Waals surface area contributed by atoms with Crippen LogP contribution in [0.4, 0.5) is 0 Å². The Labute approximate surface area is 217 Å². The Morgan fingerprint density at radius 1 is 0.892 bits per heavy atom. The first kappa shape index (κ1) is 26.0. The van der Waals surface area contributed by atoms with Gasteiger partial charge in [0.05, 0.1) is 12.0 Å². The summed E-state index contributed by atoms with van der Waals surface area (Å²) in [5.41, 5.74) is 1.37. The Morgan fingerprint density at radius 3 is 2.38 bits per heavy atom. The highest BCUT2D eigenvalue weighted by atomic mass is 16.5. The molecule has 37 heavy (non-hydrogen) atoms. The molecule has 0 heterocycles. The molecule has 0 bridgehead atoms. The Kier molecular flexibility index (Phi) is 7.63. The number of phenolic OH excluding ortho intramolecular Hbond substituents is 1. The van der Waals surface area contributed by atoms with Crippen LogP contribution in [0.15, 0.2) is 72.8 Å². The number of benzene rings is 4. The van der Waals surface area contributed by atoms with Gasteiger partial charge < -0.3 is 14.6 Å². The molecule has 0 amide bonds. The number of carbonyl (C=O) groups excluding carboxylic acids is 2. The van der Waals surface area contributed by atoms with Gasteiger partial charge in [-0.25, -0.2) is 4.79 Å². The van der Waals surface area contributed by atoms with E-state index in [1.165, 1.54) is 6.08 Å². The van der Waals surface area contributed by atoms with E-state index in [0.29, 0.717) is 23.5 Å². The maximum atomic E-state index is 12.8. The normalized spacial score (nSPS) is 11.8. The summed E-state index contributed by atoms with van der Waals surface area (Å²) in [6.45, 7) is 7.87. The van der Waals surface area contributed by atoms with E-state index in [0.717, 1.165) is 39.9 Å². The lowest BCUT2D eigenvalue weighted by Gasteiger charge is -2.20. The summed E-state index contributed by atoms with van der Waals surface area (Å²) in [6.07, 6.45) is 4.94. The van der Waals surface area contributed by atoms with Crippen LogP contribution in [0, 0.1) is 5.41 Å². The summed E-state index contributed by atoms with van der Waals surface area (Å²) in [5.74, 6) is -0.261. The predicted molar refractivity (Wildman–Crippen MR) is 149 cm³/mol. The van der Waals surface area contributed by atoms with Crippen LogP contribution in [0.5, 0.6) is 11.5 Å². The minimum Gasteiger partial charge on any atom is -0.507 e. The van der Waals surface area contributed by atoms with E-state index in [1.54, 1.807) is 39.0 Å². The Bertz CT molecular complexity index is 1490. The Morgan fingerprint density at radius 2 is 1.62 bits per heavy atom. The summed E-state index contributed by atoms with van der Waals surface area (Å²) in [4.78, 5) is 24.8. The number of unbranched alkanes of at least 4 members (excludes halogenated alkanes) is 1. The maximum Gasteiger partial charge on any atom is 0.330 e. The SMILES string of the molecule is CCCCOC(=O)C=Cc1ccc2c(-c3c(OC(=O)C(C)(C)C)ccc4ccccc34)c(O)ccc2c1. The minimum absolute atomic E-state index is 0.0831. The molecule has 0 saturated carbocycles. The van der Waals surface area contributed by atoms with Gasteiger partial charge in [-0.2, -0.15) is 0 Å². The zero-order valence-electron chi connectivity index (χ0n) is 21.7. The minimum atomic E-state index is -0.692. The highest BCUT2D eigenvalue weighted by molar-refractivity contribution is 6.10. The smallest absolute Gasteiger partial charge is 0.330 e. The lowest BCUT2D eigenvalue weighted by atomic mass is 9.91. The number of hydrogen-bond donors (Lipinski definition) is 1. The highest BCUT2D eigenvalue weighted by Gasteiger charge is 2.26. The lowest BCUT2D eigenvalue weighted by molar-refractivity contribution is -0.143. The number of fused-ring (bicyclic) bond motifs is 2. The van der Waals surface area contributed by atoms with E-state index in [1.807, 2.05) is 61.5 Å². The van der Waals surface area contributed by atoms with Crippen molar-refractivity contribution in [3.05, 3.63) is 78.4 Å². The van der Waals surface area contributed by atoms with Crippen molar-refractivity contribution in [2.75, 3.05) is 6.61 Å². The summed E-state index contributed by atoms with van der Waals surface area (Å²) < 4.78 is 11.1. The van der Waals surface area contributed by atoms with Gasteiger partial charge in [-0.1, -0.05) is 61.9 Å². The number of ether oxygens (including phenoxy) is 2. The Balaban J connectivity index is 1.83. The molecule has 5 nitrogen and oxygen atoms in total. The average Bonchev–Trinajstić information content (AvgIpc) is 2.87. The zero-order valence-corrected chi connectivity index (χ0v) is 21.7. The van der Waals surface area contributed by atoms with E-state index >= 15 is 0 Å². The monoisotopic (exact) mass is 496 g/mol. The van der Waals surface area contributed by atoms with Crippen molar-refractivity contribution in [2.24, 2.45) is 5.41 Å². The summed E-state index contributed by atoms with van der Waals surface area (Å²) >= 11 is 0. The number of phenols is 1. The molecule has 0 atom stereocenters. The van der Waals surface area contributed by atoms with Crippen LogP contribution in [0.1, 0.15) is 46.1 Å². The van der Waals surface area contributed by atoms with Gasteiger partial charge in [0.2, 0.25) is 0 Å². The Hall–Kier alpha value is -4.12. The topological polar surface area (TPSA) is 72.8 Å². The largest absolute Gasteiger partial charge is 0.507 e. The predicted octanol–water partition coefficient (Wildman–Crippen LogP) is 7.67. The van der Waals surface area contributed by atoms with E-state index in [2.05, 4.69) is 0 Å². The third-order valence-electron chi connectivity index (χ3n) is 6.13. The summed E-state index contributed by atoms with van der Waals surface area (Å²) in [5, 5.41) is 14.6. The van der Waals surface area contributed by atoms with Crippen LogP contribution < -0.4 is 4.74 Å². The molecule has 0 saturated heterocycles. The first-order valence-electron chi connectivity index (χ1n) is 12.5. The van der Waals surface area contributed by atoms with E-state index in [-0.39, 0.29) is 17.7 Å². The molecule has 0 fully saturated rings. The van der Waals surface area contributed by atoms with Crippen LogP contribution in [0.3, 0.4) is 0 Å². The van der Waals surface area contributed by atoms with Gasteiger partial charge in [0, 0.05) is 17.2 Å². The molecule has 4 rings (SSSR count). The molecule has 4 aromatic carbocycles. The van der Waals surface area contributed by atoms with Crippen LogP contribution >= 0.6 is 0 Å². The van der Waals surface area contributed by atoms with Gasteiger partial charge in [0.25, 0.3) is 0 Å². The molecule has 190 valence electrons. The van der Waals surface area contributed by atoms with Crippen molar-refractivity contribution in [3.63, 3.8) is 0 Å². The molecule has 1 N–H and O–H groups in total. The maximum absolute atomic E-state index is 12.8. The summed E-state index contributed by atoms with van der Waals surface area (Å²) in [7, 11) is 0. The molecule has 0 aliphatic rings. The molecular formula is C32H32O5. The standard InChI is InChI=1S/C32H32O5/c1-5-6-19-36-28(34)18-12-21-11-15-25-23(20-21)13-16-26(33)29(25)30-24-10-8-7-9-22(24)14-17-27(30)37-31(35)32(2,3)4/h7-18,20,33H,5-6,19H2,1-4H3. The number of esters is 2. The molecule has 0 aromatic heterocycles. The molecule has 4 aromatic rings. The van der Waals surface area contributed by atoms with E-state index < -0.39 is 5.41 Å². The van der Waals surface area contributed by atoms with Gasteiger partial charge in [-0.3, -0.25) is 4.79 Å². The fourth-order valence-electron chi connectivity index (χ4n) is 4.08. The van der Waals surface area contributed by atoms with Crippen molar-refractivity contribution < 1.29 is 24.2 Å². The van der Waals surface area contributed by atoms with Crippen molar-refractivity contribution in [2.45, 2.75) is 40.5 Å². The third kappa shape index (κ3) is 5.83. The second-order valence-electron chi connectivity index (χ2n) is 10.1. The molecule has 0 radical (unpaired) electrons. The lowest BCUT2D eigenvalue weighted by Crippen LogP contribution is -2.25. The number of carbonyl (C=O) groups is 2. The average molecular weight is 497 g/mol. The van der Waals surface area contributed by atoms with Gasteiger partial charge in [0.1, 0.15) is 11.5 Å². The molecule has 0 unspecified atom stereocenters. The molecule has 0 aliphatic heterocycles. The van der Waals surface area contributed by atoms with Gasteiger partial charge in [-0.15, -0.1) is 0 Å². The second-order valence-corrected chi connectivity index (χ2v) is 10.1. The molecular weight excluding hydrogens is 464 g/mol. The number of aromatic hydroxyl groups is 1. The van der Waals surface area contributed by atoms with Gasteiger partial charge >= 0.3 is 11.9 Å². The van der Waals surface area contributed by atoms with Gasteiger partial charge in [0.15, 0.2) is 0 Å². The quantitative estimate of drug-likeness (QED) is 0.123. The van der Waals surface area contributed by atoms with Crippen LogP contribution in [0.25, 0.3) is 38.7 Å². The van der Waals surface area contributed by atoms with Crippen LogP contribution in [0.2, 0.25) is 0 Å². The fraction of sp³-hybridized carbons (Fsp3) is 0.250. The number of hydrogen-bond acceptors (Lipinski definition) is 5. The van der Waals surface area contributed by atoms with E-state index in [4.69, 9.17) is 9.47 Å². The zero-order chi connectivity index (χ0) is 26.6. The first-order valence-corrected chi connectivity index (χ1v) is 12.5. The third-order valence-corrected chi connectivity index (χ3v) is 6.13. The molecule has 0 spiro atoms. The van der Waals surface area contributed by atoms with Gasteiger partial charge in [-0.05, 0) is 78.6 Å². The highest BCUT2D eigenvalue weighted by Crippen LogP contribution is 2.45. The van der Waals surface area contributed by atoms with Crippen molar-refractivity contribution in [3.8, 4) is 22.6 Å². The second kappa shape index (κ2) is 10.9.